The van der Waals surface area contributed by atoms with Gasteiger partial charge in [-0.1, -0.05) is 49.6 Å². The fourth-order valence-electron chi connectivity index (χ4n) is 3.32. The summed E-state index contributed by atoms with van der Waals surface area (Å²) in [5.41, 5.74) is 1.71. The highest BCUT2D eigenvalue weighted by atomic mass is 16.5. The van der Waals surface area contributed by atoms with Crippen molar-refractivity contribution in [2.75, 3.05) is 7.05 Å². The number of nitrogens with one attached hydrogen (secondary N) is 1. The van der Waals surface area contributed by atoms with Gasteiger partial charge in [0, 0.05) is 12.6 Å². The zero-order valence-corrected chi connectivity index (χ0v) is 14.9. The molecule has 1 aromatic carbocycles. The second kappa shape index (κ2) is 8.13. The average Bonchev–Trinajstić information content (AvgIpc) is 3.05. The Bertz CT molecular complexity index is 667. The minimum atomic E-state index is -1.16. The van der Waals surface area contributed by atoms with Crippen molar-refractivity contribution < 1.29 is 4.74 Å². The smallest absolute Gasteiger partial charge is 0.212 e. The van der Waals surface area contributed by atoms with Crippen molar-refractivity contribution in [1.29, 1.82) is 0 Å². The van der Waals surface area contributed by atoms with Crippen LogP contribution in [0.15, 0.2) is 36.4 Å². The van der Waals surface area contributed by atoms with E-state index in [1.165, 1.54) is 32.1 Å². The molecule has 128 valence electrons. The standard InChI is InChI=1S/C19H25B2N3O/c1-22-19(20,21)17-12-18(25-14-16-10-6-3-7-11-16)24(23-17)13-15-8-4-2-5-9-15/h3,6-7,10-12,15,22H,2,4-5,8-9,13-14H2,1H3. The van der Waals surface area contributed by atoms with E-state index < -0.39 is 5.34 Å². The highest BCUT2D eigenvalue weighted by Gasteiger charge is 2.24. The molecule has 25 heavy (non-hydrogen) atoms. The van der Waals surface area contributed by atoms with Gasteiger partial charge in [-0.15, -0.1) is 0 Å². The molecule has 4 nitrogen and oxygen atoms in total. The predicted octanol–water partition coefficient (Wildman–Crippen LogP) is 2.71. The summed E-state index contributed by atoms with van der Waals surface area (Å²) in [6.07, 6.45) is 6.43. The van der Waals surface area contributed by atoms with Gasteiger partial charge < -0.3 is 10.1 Å². The molecule has 0 spiro atoms. The van der Waals surface area contributed by atoms with Crippen LogP contribution in [0.4, 0.5) is 0 Å². The van der Waals surface area contributed by atoms with Crippen molar-refractivity contribution in [3.8, 4) is 5.88 Å². The molecule has 1 N–H and O–H groups in total. The highest BCUT2D eigenvalue weighted by Crippen LogP contribution is 2.28. The van der Waals surface area contributed by atoms with Crippen molar-refractivity contribution in [2.24, 2.45) is 5.92 Å². The summed E-state index contributed by atoms with van der Waals surface area (Å²) in [4.78, 5) is 0. The zero-order chi connectivity index (χ0) is 17.7. The van der Waals surface area contributed by atoms with Crippen LogP contribution in [0.25, 0.3) is 0 Å². The van der Waals surface area contributed by atoms with Gasteiger partial charge in [0.15, 0.2) is 0 Å². The Hall–Kier alpha value is -1.68. The third-order valence-corrected chi connectivity index (χ3v) is 4.97. The molecule has 0 saturated heterocycles. The molecule has 1 aromatic heterocycles. The monoisotopic (exact) mass is 333 g/mol. The van der Waals surface area contributed by atoms with Gasteiger partial charge in [0.2, 0.25) is 5.88 Å². The number of rotatable bonds is 7. The summed E-state index contributed by atoms with van der Waals surface area (Å²) in [5, 5.41) is 6.37. The summed E-state index contributed by atoms with van der Waals surface area (Å²) in [6.45, 7) is 1.35. The van der Waals surface area contributed by atoms with Gasteiger partial charge in [0.1, 0.15) is 6.61 Å². The average molecular weight is 333 g/mol. The maximum absolute atomic E-state index is 6.10. The maximum atomic E-state index is 6.10. The summed E-state index contributed by atoms with van der Waals surface area (Å²) < 4.78 is 7.98. The first-order chi connectivity index (χ1) is 12.1. The number of nitrogens with zero attached hydrogens (tertiary/aromatic N) is 2. The minimum Gasteiger partial charge on any atom is -0.473 e. The first-order valence-electron chi connectivity index (χ1n) is 9.10. The molecule has 3 rings (SSSR count). The van der Waals surface area contributed by atoms with Gasteiger partial charge in [-0.3, -0.25) is 0 Å². The summed E-state index contributed by atoms with van der Waals surface area (Å²) >= 11 is 0. The SMILES string of the molecule is [B]C([B])(NC)c1cc(OCc2ccccc2)n(CC2CCCCC2)n1. The third-order valence-electron chi connectivity index (χ3n) is 4.97. The Morgan fingerprint density at radius 1 is 1.20 bits per heavy atom. The Morgan fingerprint density at radius 3 is 2.60 bits per heavy atom. The lowest BCUT2D eigenvalue weighted by Gasteiger charge is -2.23. The quantitative estimate of drug-likeness (QED) is 0.792. The van der Waals surface area contributed by atoms with Gasteiger partial charge in [-0.2, -0.15) is 5.10 Å². The Labute approximate surface area is 153 Å². The number of ether oxygens (including phenoxy) is 1. The molecule has 0 amide bonds. The van der Waals surface area contributed by atoms with Crippen LogP contribution in [0.3, 0.4) is 0 Å². The van der Waals surface area contributed by atoms with E-state index in [2.05, 4.69) is 10.4 Å². The van der Waals surface area contributed by atoms with Crippen molar-refractivity contribution in [3.05, 3.63) is 47.7 Å². The lowest BCUT2D eigenvalue weighted by Crippen LogP contribution is -2.41. The molecule has 1 fully saturated rings. The maximum Gasteiger partial charge on any atom is 0.212 e. The van der Waals surface area contributed by atoms with E-state index in [4.69, 9.17) is 20.4 Å². The van der Waals surface area contributed by atoms with Crippen molar-refractivity contribution >= 4 is 15.7 Å². The Kier molecular flexibility index (Phi) is 5.89. The molecule has 1 aliphatic carbocycles. The zero-order valence-electron chi connectivity index (χ0n) is 14.9. The van der Waals surface area contributed by atoms with Gasteiger partial charge in [-0.05, 0) is 36.7 Å². The van der Waals surface area contributed by atoms with Crippen LogP contribution in [-0.4, -0.2) is 32.5 Å². The van der Waals surface area contributed by atoms with E-state index in [1.807, 2.05) is 41.1 Å². The normalized spacial score (nSPS) is 16.0. The van der Waals surface area contributed by atoms with Gasteiger partial charge >= 0.3 is 0 Å². The second-order valence-corrected chi connectivity index (χ2v) is 6.95. The van der Waals surface area contributed by atoms with Crippen LogP contribution < -0.4 is 10.1 Å². The molecule has 0 bridgehead atoms. The van der Waals surface area contributed by atoms with E-state index in [9.17, 15) is 0 Å². The largest absolute Gasteiger partial charge is 0.473 e. The molecular formula is C19H25B2N3O. The summed E-state index contributed by atoms with van der Waals surface area (Å²) in [6, 6.07) is 12.0. The Morgan fingerprint density at radius 2 is 1.92 bits per heavy atom. The van der Waals surface area contributed by atoms with Crippen LogP contribution in [0.1, 0.15) is 43.4 Å². The van der Waals surface area contributed by atoms with Crippen LogP contribution in [0, 0.1) is 5.92 Å². The molecular weight excluding hydrogens is 308 g/mol. The molecule has 1 aliphatic rings. The number of hydrogen-bond acceptors (Lipinski definition) is 3. The molecule has 0 aliphatic heterocycles. The number of benzene rings is 1. The third kappa shape index (κ3) is 4.69. The van der Waals surface area contributed by atoms with Crippen LogP contribution >= 0.6 is 0 Å². The minimum absolute atomic E-state index is 0.498. The second-order valence-electron chi connectivity index (χ2n) is 6.95. The fraction of sp³-hybridized carbons (Fsp3) is 0.526. The van der Waals surface area contributed by atoms with Crippen LogP contribution in [0.2, 0.25) is 0 Å². The molecule has 1 heterocycles. The summed E-state index contributed by atoms with van der Waals surface area (Å²) in [5.74, 6) is 1.36. The Balaban J connectivity index is 1.77. The lowest BCUT2D eigenvalue weighted by atomic mass is 9.60. The predicted molar refractivity (Wildman–Crippen MR) is 102 cm³/mol. The molecule has 0 atom stereocenters. The van der Waals surface area contributed by atoms with E-state index in [0.717, 1.165) is 18.0 Å². The van der Waals surface area contributed by atoms with E-state index in [-0.39, 0.29) is 0 Å². The molecule has 4 radical (unpaired) electrons. The number of aromatic nitrogens is 2. The first kappa shape index (κ1) is 18.1. The molecule has 2 aromatic rings. The van der Waals surface area contributed by atoms with Crippen molar-refractivity contribution in [3.63, 3.8) is 0 Å². The van der Waals surface area contributed by atoms with E-state index in [1.54, 1.807) is 7.05 Å². The van der Waals surface area contributed by atoms with Gasteiger partial charge in [-0.25, -0.2) is 4.68 Å². The van der Waals surface area contributed by atoms with E-state index in [0.29, 0.717) is 18.2 Å². The number of hydrogen-bond donors (Lipinski definition) is 1. The summed E-state index contributed by atoms with van der Waals surface area (Å²) in [7, 11) is 13.9. The molecule has 1 saturated carbocycles. The van der Waals surface area contributed by atoms with Gasteiger partial charge in [0.25, 0.3) is 0 Å². The molecule has 6 heteroatoms. The van der Waals surface area contributed by atoms with Crippen molar-refractivity contribution in [2.45, 2.75) is 50.6 Å². The highest BCUT2D eigenvalue weighted by molar-refractivity contribution is 6.39. The van der Waals surface area contributed by atoms with Crippen LogP contribution in [0.5, 0.6) is 5.88 Å². The van der Waals surface area contributed by atoms with Gasteiger partial charge in [0.05, 0.1) is 21.4 Å². The fourth-order valence-corrected chi connectivity index (χ4v) is 3.32. The van der Waals surface area contributed by atoms with E-state index >= 15 is 0 Å². The first-order valence-corrected chi connectivity index (χ1v) is 9.10. The lowest BCUT2D eigenvalue weighted by molar-refractivity contribution is 0.245. The molecule has 0 unspecified atom stereocenters. The van der Waals surface area contributed by atoms with Crippen molar-refractivity contribution in [1.82, 2.24) is 15.1 Å². The van der Waals surface area contributed by atoms with Crippen LogP contribution in [-0.2, 0) is 18.5 Å². The topological polar surface area (TPSA) is 39.1 Å².